The van der Waals surface area contributed by atoms with E-state index in [4.69, 9.17) is 4.74 Å². The van der Waals surface area contributed by atoms with E-state index in [1.165, 1.54) is 6.07 Å². The van der Waals surface area contributed by atoms with Crippen molar-refractivity contribution in [1.29, 1.82) is 0 Å². The summed E-state index contributed by atoms with van der Waals surface area (Å²) in [6, 6.07) is 1.17. The van der Waals surface area contributed by atoms with Gasteiger partial charge in [-0.15, -0.1) is 0 Å². The lowest BCUT2D eigenvalue weighted by Crippen LogP contribution is -2.39. The highest BCUT2D eigenvalue weighted by molar-refractivity contribution is 5.88. The van der Waals surface area contributed by atoms with Crippen molar-refractivity contribution in [3.8, 4) is 5.75 Å². The largest absolute Gasteiger partial charge is 0.490 e. The first-order chi connectivity index (χ1) is 12.0. The Bertz CT molecular complexity index is 700. The number of carboxylic acids is 1. The van der Waals surface area contributed by atoms with Gasteiger partial charge < -0.3 is 15.2 Å². The molecule has 1 aromatic carbocycles. The fraction of sp³-hybridized carbons (Fsp3) is 0.421. The molecule has 1 aliphatic rings. The first kappa shape index (κ1) is 19.0. The lowest BCUT2D eigenvalue weighted by molar-refractivity contribution is 0.0690. The van der Waals surface area contributed by atoms with Crippen LogP contribution in [-0.4, -0.2) is 17.7 Å². The maximum atomic E-state index is 14.6. The maximum Gasteiger partial charge on any atom is 0.338 e. The second-order valence-corrected chi connectivity index (χ2v) is 5.96. The number of hydrogen-bond acceptors (Lipinski definition) is 3. The fourth-order valence-corrected chi connectivity index (χ4v) is 3.01. The first-order valence-corrected chi connectivity index (χ1v) is 8.47. The second-order valence-electron chi connectivity index (χ2n) is 5.96. The van der Waals surface area contributed by atoms with Crippen molar-refractivity contribution in [2.45, 2.75) is 45.1 Å². The van der Waals surface area contributed by atoms with Crippen molar-refractivity contribution < 1.29 is 23.4 Å². The van der Waals surface area contributed by atoms with Crippen LogP contribution in [0.2, 0.25) is 0 Å². The predicted molar refractivity (Wildman–Crippen MR) is 91.7 cm³/mol. The molecule has 6 heteroatoms. The predicted octanol–water partition coefficient (Wildman–Crippen LogP) is 4.51. The van der Waals surface area contributed by atoms with E-state index in [0.29, 0.717) is 12.0 Å². The summed E-state index contributed by atoms with van der Waals surface area (Å²) in [5.74, 6) is -4.43. The summed E-state index contributed by atoms with van der Waals surface area (Å²) in [7, 11) is 0. The van der Waals surface area contributed by atoms with Crippen LogP contribution in [0.3, 0.4) is 0 Å². The van der Waals surface area contributed by atoms with Crippen LogP contribution in [0.25, 0.3) is 0 Å². The van der Waals surface area contributed by atoms with Gasteiger partial charge in [0.05, 0.1) is 17.7 Å². The fourth-order valence-electron chi connectivity index (χ4n) is 3.01. The number of hydrogen-bond donors (Lipinski definition) is 2. The highest BCUT2D eigenvalue weighted by Crippen LogP contribution is 2.40. The zero-order chi connectivity index (χ0) is 18.4. The molecule has 0 amide bonds. The average molecular weight is 351 g/mol. The van der Waals surface area contributed by atoms with Gasteiger partial charge in [0.25, 0.3) is 0 Å². The van der Waals surface area contributed by atoms with E-state index >= 15 is 0 Å². The van der Waals surface area contributed by atoms with Crippen molar-refractivity contribution in [3.05, 3.63) is 53.3 Å². The highest BCUT2D eigenvalue weighted by Gasteiger charge is 2.36. The van der Waals surface area contributed by atoms with Crippen molar-refractivity contribution in [1.82, 2.24) is 5.32 Å². The van der Waals surface area contributed by atoms with E-state index < -0.39 is 28.7 Å². The SMILES string of the molecule is CCCCCC1(c2cc(C(=O)O)c(F)c(F)c2OCC)C=CC=CN1. The maximum absolute atomic E-state index is 14.6. The molecule has 0 bridgehead atoms. The number of dihydropyridines is 1. The summed E-state index contributed by atoms with van der Waals surface area (Å²) in [6.45, 7) is 3.88. The molecule has 0 aromatic heterocycles. The van der Waals surface area contributed by atoms with Crippen LogP contribution in [0.15, 0.2) is 30.5 Å². The van der Waals surface area contributed by atoms with Crippen molar-refractivity contribution in [3.63, 3.8) is 0 Å². The molecule has 2 N–H and O–H groups in total. The Morgan fingerprint density at radius 2 is 2.00 bits per heavy atom. The summed E-state index contributed by atoms with van der Waals surface area (Å²) in [5.41, 5.74) is -1.24. The molecule has 1 unspecified atom stereocenters. The third kappa shape index (κ3) is 3.83. The highest BCUT2D eigenvalue weighted by atomic mass is 19.2. The topological polar surface area (TPSA) is 58.6 Å². The molecule has 1 aromatic rings. The quantitative estimate of drug-likeness (QED) is 0.677. The molecule has 4 nitrogen and oxygen atoms in total. The van der Waals surface area contributed by atoms with Gasteiger partial charge in [0.15, 0.2) is 11.6 Å². The Morgan fingerprint density at radius 3 is 2.56 bits per heavy atom. The normalized spacial score (nSPS) is 18.9. The molecule has 0 radical (unpaired) electrons. The monoisotopic (exact) mass is 351 g/mol. The van der Waals surface area contributed by atoms with E-state index in [-0.39, 0.29) is 12.4 Å². The van der Waals surface area contributed by atoms with Crippen LogP contribution in [0, 0.1) is 11.6 Å². The van der Waals surface area contributed by atoms with Crippen LogP contribution in [0.5, 0.6) is 5.75 Å². The molecule has 0 spiro atoms. The van der Waals surface area contributed by atoms with E-state index in [1.807, 2.05) is 6.08 Å². The van der Waals surface area contributed by atoms with Gasteiger partial charge in [0.1, 0.15) is 0 Å². The Hall–Kier alpha value is -2.37. The number of halogens is 2. The number of unbranched alkanes of at least 4 members (excludes halogenated alkanes) is 2. The van der Waals surface area contributed by atoms with E-state index in [2.05, 4.69) is 12.2 Å². The third-order valence-electron chi connectivity index (χ3n) is 4.27. The van der Waals surface area contributed by atoms with Crippen molar-refractivity contribution in [2.75, 3.05) is 6.61 Å². The second kappa shape index (κ2) is 8.14. The van der Waals surface area contributed by atoms with Gasteiger partial charge in [-0.2, -0.15) is 4.39 Å². The van der Waals surface area contributed by atoms with Gasteiger partial charge in [-0.1, -0.05) is 38.3 Å². The van der Waals surface area contributed by atoms with Gasteiger partial charge in [0.2, 0.25) is 5.82 Å². The Labute approximate surface area is 146 Å². The average Bonchev–Trinajstić information content (AvgIpc) is 2.60. The number of ether oxygens (including phenoxy) is 1. The summed E-state index contributed by atoms with van der Waals surface area (Å²) in [4.78, 5) is 11.3. The van der Waals surface area contributed by atoms with E-state index in [9.17, 15) is 18.7 Å². The minimum Gasteiger partial charge on any atom is -0.490 e. The Kier molecular flexibility index (Phi) is 6.17. The molecule has 1 aliphatic heterocycles. The number of nitrogens with one attached hydrogen (secondary N) is 1. The number of carboxylic acid groups (broad SMARTS) is 1. The summed E-state index contributed by atoms with van der Waals surface area (Å²) < 4.78 is 34.0. The Morgan fingerprint density at radius 1 is 1.24 bits per heavy atom. The molecule has 0 aliphatic carbocycles. The van der Waals surface area contributed by atoms with Crippen LogP contribution < -0.4 is 10.1 Å². The standard InChI is InChI=1S/C19H23F2NO3/c1-3-5-6-9-19(10-7-8-11-22-19)14-12-13(18(23)24)15(20)16(21)17(14)25-4-2/h7-8,10-12,22H,3-6,9H2,1-2H3,(H,23,24). The molecular weight excluding hydrogens is 328 g/mol. The molecule has 0 saturated heterocycles. The number of aromatic carboxylic acids is 1. The third-order valence-corrected chi connectivity index (χ3v) is 4.27. The minimum atomic E-state index is -1.51. The molecular formula is C19H23F2NO3. The summed E-state index contributed by atoms with van der Waals surface area (Å²) in [6.07, 6.45) is 10.6. The molecule has 2 rings (SSSR count). The molecule has 0 fully saturated rings. The van der Waals surface area contributed by atoms with Crippen molar-refractivity contribution in [2.24, 2.45) is 0 Å². The van der Waals surface area contributed by atoms with Gasteiger partial charge in [0, 0.05) is 5.56 Å². The number of rotatable bonds is 8. The number of allylic oxidation sites excluding steroid dienone is 2. The number of benzene rings is 1. The molecule has 1 heterocycles. The smallest absolute Gasteiger partial charge is 0.338 e. The van der Waals surface area contributed by atoms with Gasteiger partial charge in [-0.3, -0.25) is 0 Å². The lowest BCUT2D eigenvalue weighted by Gasteiger charge is -2.35. The summed E-state index contributed by atoms with van der Waals surface area (Å²) in [5, 5.41) is 12.4. The van der Waals surface area contributed by atoms with Crippen LogP contribution in [0.4, 0.5) is 8.78 Å². The van der Waals surface area contributed by atoms with Crippen LogP contribution >= 0.6 is 0 Å². The molecule has 1 atom stereocenters. The molecule has 0 saturated carbocycles. The summed E-state index contributed by atoms with van der Waals surface area (Å²) >= 11 is 0. The Balaban J connectivity index is 2.64. The zero-order valence-corrected chi connectivity index (χ0v) is 14.4. The molecule has 136 valence electrons. The lowest BCUT2D eigenvalue weighted by atomic mass is 9.81. The van der Waals surface area contributed by atoms with Gasteiger partial charge in [-0.05, 0) is 31.7 Å². The van der Waals surface area contributed by atoms with Gasteiger partial charge >= 0.3 is 5.97 Å². The van der Waals surface area contributed by atoms with Gasteiger partial charge in [-0.25, -0.2) is 9.18 Å². The van der Waals surface area contributed by atoms with Crippen molar-refractivity contribution >= 4 is 5.97 Å². The number of carbonyl (C=O) groups is 1. The van der Waals surface area contributed by atoms with E-state index in [1.54, 1.807) is 25.3 Å². The van der Waals surface area contributed by atoms with Crippen LogP contribution in [-0.2, 0) is 5.54 Å². The van der Waals surface area contributed by atoms with E-state index in [0.717, 1.165) is 19.3 Å². The zero-order valence-electron chi connectivity index (χ0n) is 14.4. The molecule has 25 heavy (non-hydrogen) atoms. The van der Waals surface area contributed by atoms with Crippen LogP contribution in [0.1, 0.15) is 55.5 Å². The first-order valence-electron chi connectivity index (χ1n) is 8.47. The minimum absolute atomic E-state index is 0.139.